The molecule has 2 aromatic rings. The lowest BCUT2D eigenvalue weighted by atomic mass is 10.1. The molecule has 1 heterocycles. The molecule has 0 N–H and O–H groups in total. The van der Waals surface area contributed by atoms with Crippen molar-refractivity contribution >= 4 is 15.7 Å². The highest BCUT2D eigenvalue weighted by Crippen LogP contribution is 2.28. The van der Waals surface area contributed by atoms with E-state index >= 15 is 0 Å². The van der Waals surface area contributed by atoms with Gasteiger partial charge in [0, 0.05) is 12.6 Å². The van der Waals surface area contributed by atoms with E-state index in [1.165, 1.54) is 0 Å². The van der Waals surface area contributed by atoms with E-state index in [-0.39, 0.29) is 23.5 Å². The van der Waals surface area contributed by atoms with E-state index < -0.39 is 15.9 Å². The first-order chi connectivity index (χ1) is 13.8. The molecule has 6 nitrogen and oxygen atoms in total. The third-order valence-electron chi connectivity index (χ3n) is 5.13. The maximum atomic E-state index is 13.3. The molecule has 7 heteroatoms. The monoisotopic (exact) mass is 417 g/mol. The Bertz CT molecular complexity index is 955. The molecule has 0 aliphatic carbocycles. The lowest BCUT2D eigenvalue weighted by molar-refractivity contribution is -0.140. The second-order valence-corrected chi connectivity index (χ2v) is 9.65. The summed E-state index contributed by atoms with van der Waals surface area (Å²) in [6.07, 6.45) is -0.332. The first-order valence-electron chi connectivity index (χ1n) is 9.65. The average Bonchev–Trinajstić information content (AvgIpc) is 3.06. The van der Waals surface area contributed by atoms with Crippen LogP contribution in [-0.4, -0.2) is 50.0 Å². The molecule has 2 unspecified atom stereocenters. The predicted octanol–water partition coefficient (Wildman–Crippen LogP) is 2.99. The zero-order valence-corrected chi connectivity index (χ0v) is 17.8. The molecule has 1 fully saturated rings. The Labute approximate surface area is 172 Å². The number of carbonyl (C=O) groups excluding carboxylic acids is 1. The highest BCUT2D eigenvalue weighted by Gasteiger charge is 2.36. The summed E-state index contributed by atoms with van der Waals surface area (Å²) in [6, 6.07) is 14.7. The summed E-state index contributed by atoms with van der Waals surface area (Å²) in [5, 5.41) is 0. The van der Waals surface area contributed by atoms with E-state index in [2.05, 4.69) is 0 Å². The number of carbonyl (C=O) groups is 1. The molecule has 2 atom stereocenters. The van der Waals surface area contributed by atoms with Gasteiger partial charge in [-0.2, -0.15) is 0 Å². The van der Waals surface area contributed by atoms with Crippen molar-refractivity contribution in [3.63, 3.8) is 0 Å². The van der Waals surface area contributed by atoms with Gasteiger partial charge in [0.05, 0.1) is 18.6 Å². The fraction of sp³-hybridized carbons (Fsp3) is 0.409. The van der Waals surface area contributed by atoms with Gasteiger partial charge in [0.25, 0.3) is 5.91 Å². The van der Waals surface area contributed by atoms with Crippen LogP contribution in [0.25, 0.3) is 0 Å². The molecule has 29 heavy (non-hydrogen) atoms. The van der Waals surface area contributed by atoms with Gasteiger partial charge >= 0.3 is 0 Å². The van der Waals surface area contributed by atoms with Gasteiger partial charge in [0.15, 0.2) is 27.4 Å². The van der Waals surface area contributed by atoms with E-state index in [4.69, 9.17) is 9.47 Å². The molecule has 0 bridgehead atoms. The van der Waals surface area contributed by atoms with Crippen LogP contribution in [0.15, 0.2) is 48.5 Å². The number of hydrogen-bond acceptors (Lipinski definition) is 5. The topological polar surface area (TPSA) is 72.9 Å². The van der Waals surface area contributed by atoms with Crippen LogP contribution in [0, 0.1) is 6.92 Å². The summed E-state index contributed by atoms with van der Waals surface area (Å²) in [5.74, 6) is 0.882. The summed E-state index contributed by atoms with van der Waals surface area (Å²) in [6.45, 7) is 4.03. The summed E-state index contributed by atoms with van der Waals surface area (Å²) >= 11 is 0. The van der Waals surface area contributed by atoms with Crippen LogP contribution in [0.4, 0.5) is 0 Å². The Kier molecular flexibility index (Phi) is 6.47. The minimum atomic E-state index is -3.12. The van der Waals surface area contributed by atoms with Crippen LogP contribution in [0.3, 0.4) is 0 Å². The summed E-state index contributed by atoms with van der Waals surface area (Å²) in [7, 11) is -1.58. The number of ether oxygens (including phenoxy) is 2. The molecule has 1 amide bonds. The van der Waals surface area contributed by atoms with Crippen molar-refractivity contribution in [1.82, 2.24) is 4.90 Å². The summed E-state index contributed by atoms with van der Waals surface area (Å²) in [4.78, 5) is 14.9. The van der Waals surface area contributed by atoms with Gasteiger partial charge in [-0.25, -0.2) is 8.42 Å². The molecule has 156 valence electrons. The van der Waals surface area contributed by atoms with Gasteiger partial charge in [-0.05, 0) is 38.0 Å². The molecule has 3 rings (SSSR count). The van der Waals surface area contributed by atoms with Crippen molar-refractivity contribution in [2.75, 3.05) is 18.6 Å². The number of rotatable bonds is 7. The molecule has 0 radical (unpaired) electrons. The lowest BCUT2D eigenvalue weighted by Crippen LogP contribution is -2.46. The van der Waals surface area contributed by atoms with E-state index in [1.807, 2.05) is 43.3 Å². The maximum Gasteiger partial charge on any atom is 0.263 e. The molecule has 0 spiro atoms. The van der Waals surface area contributed by atoms with E-state index in [1.54, 1.807) is 31.1 Å². The number of aryl methyl sites for hydroxylation is 1. The first-order valence-corrected chi connectivity index (χ1v) is 11.5. The molecule has 1 saturated heterocycles. The fourth-order valence-corrected chi connectivity index (χ4v) is 5.22. The number of amides is 1. The quantitative estimate of drug-likeness (QED) is 0.693. The third-order valence-corrected chi connectivity index (χ3v) is 6.88. The van der Waals surface area contributed by atoms with Crippen molar-refractivity contribution < 1.29 is 22.7 Å². The zero-order chi connectivity index (χ0) is 21.0. The highest BCUT2D eigenvalue weighted by atomic mass is 32.2. The number of benzene rings is 2. The van der Waals surface area contributed by atoms with Gasteiger partial charge in [-0.3, -0.25) is 4.79 Å². The van der Waals surface area contributed by atoms with Crippen molar-refractivity contribution in [2.45, 2.75) is 39.0 Å². The van der Waals surface area contributed by atoms with Gasteiger partial charge in [0.2, 0.25) is 0 Å². The molecular formula is C22H27NO5S. The van der Waals surface area contributed by atoms with Crippen molar-refractivity contribution in [2.24, 2.45) is 0 Å². The van der Waals surface area contributed by atoms with Crippen molar-refractivity contribution in [1.29, 1.82) is 0 Å². The summed E-state index contributed by atoms with van der Waals surface area (Å²) < 4.78 is 35.2. The normalized spacial score (nSPS) is 18.8. The molecule has 0 aromatic heterocycles. The summed E-state index contributed by atoms with van der Waals surface area (Å²) in [5.41, 5.74) is 2.08. The minimum absolute atomic E-state index is 0.00796. The van der Waals surface area contributed by atoms with Gasteiger partial charge < -0.3 is 14.4 Å². The minimum Gasteiger partial charge on any atom is -0.493 e. The molecular weight excluding hydrogens is 390 g/mol. The van der Waals surface area contributed by atoms with Crippen LogP contribution in [0.2, 0.25) is 0 Å². The number of hydrogen-bond donors (Lipinski definition) is 0. The van der Waals surface area contributed by atoms with Gasteiger partial charge in [-0.1, -0.05) is 42.0 Å². The maximum absolute atomic E-state index is 13.3. The van der Waals surface area contributed by atoms with Gasteiger partial charge in [-0.15, -0.1) is 0 Å². The lowest BCUT2D eigenvalue weighted by Gasteiger charge is -2.31. The second-order valence-electron chi connectivity index (χ2n) is 7.42. The predicted molar refractivity (Wildman–Crippen MR) is 112 cm³/mol. The first kappa shape index (κ1) is 21.2. The zero-order valence-electron chi connectivity index (χ0n) is 17.0. The van der Waals surface area contributed by atoms with E-state index in [0.717, 1.165) is 11.1 Å². The second kappa shape index (κ2) is 8.86. The van der Waals surface area contributed by atoms with Crippen LogP contribution in [0.1, 0.15) is 24.5 Å². The largest absolute Gasteiger partial charge is 0.493 e. The van der Waals surface area contributed by atoms with Crippen LogP contribution < -0.4 is 9.47 Å². The Morgan fingerprint density at radius 3 is 2.38 bits per heavy atom. The van der Waals surface area contributed by atoms with E-state index in [0.29, 0.717) is 24.5 Å². The highest BCUT2D eigenvalue weighted by molar-refractivity contribution is 7.91. The number of para-hydroxylation sites is 2. The smallest absolute Gasteiger partial charge is 0.263 e. The molecule has 1 aliphatic heterocycles. The van der Waals surface area contributed by atoms with Crippen LogP contribution in [0.5, 0.6) is 11.5 Å². The SMILES string of the molecule is COc1ccccc1OC(C)C(=O)N(Cc1ccc(C)cc1)C1CCS(=O)(=O)C1. The Morgan fingerprint density at radius 2 is 1.79 bits per heavy atom. The number of sulfone groups is 1. The van der Waals surface area contributed by atoms with Crippen molar-refractivity contribution in [3.05, 3.63) is 59.7 Å². The van der Waals surface area contributed by atoms with Crippen LogP contribution in [-0.2, 0) is 21.2 Å². The Hall–Kier alpha value is -2.54. The van der Waals surface area contributed by atoms with Crippen LogP contribution >= 0.6 is 0 Å². The van der Waals surface area contributed by atoms with Crippen molar-refractivity contribution in [3.8, 4) is 11.5 Å². The number of methoxy groups -OCH3 is 1. The molecule has 1 aliphatic rings. The Morgan fingerprint density at radius 1 is 1.14 bits per heavy atom. The fourth-order valence-electron chi connectivity index (χ4n) is 3.49. The average molecular weight is 418 g/mol. The third kappa shape index (κ3) is 5.29. The molecule has 0 saturated carbocycles. The van der Waals surface area contributed by atoms with Gasteiger partial charge in [0.1, 0.15) is 0 Å². The standard InChI is InChI=1S/C22H27NO5S/c1-16-8-10-18(11-9-16)14-23(19-12-13-29(25,26)15-19)22(24)17(2)28-21-7-5-4-6-20(21)27-3/h4-11,17,19H,12-15H2,1-3H3. The Balaban J connectivity index is 1.82. The number of nitrogens with zero attached hydrogens (tertiary/aromatic N) is 1. The van der Waals surface area contributed by atoms with E-state index in [9.17, 15) is 13.2 Å². The molecule has 2 aromatic carbocycles.